The van der Waals surface area contributed by atoms with Gasteiger partial charge in [-0.15, -0.1) is 0 Å². The molecule has 204 valence electrons. The third-order valence-corrected chi connectivity index (χ3v) is 7.05. The number of hydrogen-bond acceptors (Lipinski definition) is 6. The molecule has 3 aromatic rings. The van der Waals surface area contributed by atoms with Gasteiger partial charge in [-0.25, -0.2) is 0 Å². The Kier molecular flexibility index (Phi) is 8.00. The molecule has 0 saturated carbocycles. The Hall–Kier alpha value is -4.26. The Bertz CT molecular complexity index is 1400. The number of Topliss-reactive ketones (excluding diaryl/α,β-unsaturated/α-hetero) is 1. The Balaban J connectivity index is 1.83. The van der Waals surface area contributed by atoms with E-state index in [1.165, 1.54) is 4.90 Å². The minimum atomic E-state index is -0.820. The normalized spacial score (nSPS) is 16.9. The number of benzene rings is 3. The fourth-order valence-corrected chi connectivity index (χ4v) is 4.96. The molecule has 39 heavy (non-hydrogen) atoms. The summed E-state index contributed by atoms with van der Waals surface area (Å²) in [5, 5.41) is 11.6. The zero-order valence-corrected chi connectivity index (χ0v) is 23.3. The number of aliphatic hydroxyl groups is 1. The van der Waals surface area contributed by atoms with Crippen LogP contribution in [0.1, 0.15) is 49.1 Å². The lowest BCUT2D eigenvalue weighted by Crippen LogP contribution is -2.31. The largest absolute Gasteiger partial charge is 0.507 e. The number of likely N-dealkylation sites (tertiary alicyclic amines) is 1. The topological polar surface area (TPSA) is 85.3 Å². The summed E-state index contributed by atoms with van der Waals surface area (Å²) in [6, 6.07) is 19.3. The summed E-state index contributed by atoms with van der Waals surface area (Å²) in [5.74, 6) is 0.318. The van der Waals surface area contributed by atoms with Gasteiger partial charge < -0.3 is 24.2 Å². The van der Waals surface area contributed by atoms with Crippen molar-refractivity contribution in [3.05, 3.63) is 94.6 Å². The number of amides is 1. The van der Waals surface area contributed by atoms with E-state index in [1.807, 2.05) is 69.3 Å². The average Bonchev–Trinajstić information content (AvgIpc) is 3.19. The number of para-hydroxylation sites is 1. The van der Waals surface area contributed by atoms with Crippen molar-refractivity contribution in [3.63, 3.8) is 0 Å². The minimum absolute atomic E-state index is 0.0317. The second-order valence-corrected chi connectivity index (χ2v) is 10.5. The van der Waals surface area contributed by atoms with E-state index in [2.05, 4.69) is 0 Å². The second kappa shape index (κ2) is 11.2. The molecule has 1 aliphatic heterocycles. The summed E-state index contributed by atoms with van der Waals surface area (Å²) in [6.45, 7) is 6.40. The van der Waals surface area contributed by atoms with Gasteiger partial charge in [0.1, 0.15) is 23.0 Å². The monoisotopic (exact) mass is 529 g/mol. The van der Waals surface area contributed by atoms with E-state index in [4.69, 9.17) is 14.2 Å². The molecular formula is C32H35NO6. The lowest BCUT2D eigenvalue weighted by molar-refractivity contribution is -0.139. The van der Waals surface area contributed by atoms with Crippen molar-refractivity contribution in [2.45, 2.75) is 38.6 Å². The van der Waals surface area contributed by atoms with Gasteiger partial charge in [0.15, 0.2) is 0 Å². The molecule has 0 spiro atoms. The highest BCUT2D eigenvalue weighted by molar-refractivity contribution is 6.46. The zero-order valence-electron chi connectivity index (χ0n) is 23.3. The van der Waals surface area contributed by atoms with Crippen molar-refractivity contribution in [2.24, 2.45) is 0 Å². The van der Waals surface area contributed by atoms with Crippen LogP contribution in [0.4, 0.5) is 0 Å². The molecule has 7 heteroatoms. The van der Waals surface area contributed by atoms with E-state index in [0.717, 1.165) is 16.9 Å². The van der Waals surface area contributed by atoms with Crippen molar-refractivity contribution >= 4 is 17.4 Å². The van der Waals surface area contributed by atoms with Gasteiger partial charge in [-0.2, -0.15) is 0 Å². The third kappa shape index (κ3) is 5.48. The van der Waals surface area contributed by atoms with Crippen LogP contribution in [0.3, 0.4) is 0 Å². The van der Waals surface area contributed by atoms with Gasteiger partial charge in [-0.1, -0.05) is 51.1 Å². The summed E-state index contributed by atoms with van der Waals surface area (Å²) in [6.07, 6.45) is 0.513. The number of methoxy groups -OCH3 is 3. The third-order valence-electron chi connectivity index (χ3n) is 7.05. The first kappa shape index (κ1) is 27.8. The number of carbonyl (C=O) groups is 2. The molecule has 0 aromatic heterocycles. The standard InChI is InChI=1S/C32H35NO6/c1-32(2,3)24-19-21(13-16-26(24)39-6)29(34)27-28(23-9-7-8-10-25(23)38-5)33(31(36)30(27)35)18-17-20-11-14-22(37-4)15-12-20/h7-16,19,28,34H,17-18H2,1-6H3/b29-27+. The Labute approximate surface area is 229 Å². The van der Waals surface area contributed by atoms with Crippen LogP contribution in [0.25, 0.3) is 5.76 Å². The fourth-order valence-electron chi connectivity index (χ4n) is 4.96. The van der Waals surface area contributed by atoms with Gasteiger partial charge in [-0.3, -0.25) is 9.59 Å². The molecule has 1 amide bonds. The maximum absolute atomic E-state index is 13.5. The van der Waals surface area contributed by atoms with Crippen LogP contribution in [0, 0.1) is 0 Å². The Morgan fingerprint density at radius 1 is 0.872 bits per heavy atom. The van der Waals surface area contributed by atoms with Crippen LogP contribution >= 0.6 is 0 Å². The lowest BCUT2D eigenvalue weighted by Gasteiger charge is -2.27. The van der Waals surface area contributed by atoms with E-state index in [0.29, 0.717) is 29.0 Å². The molecule has 0 bridgehead atoms. The predicted octanol–water partition coefficient (Wildman–Crippen LogP) is 5.67. The van der Waals surface area contributed by atoms with Gasteiger partial charge >= 0.3 is 0 Å². The predicted molar refractivity (Wildman–Crippen MR) is 150 cm³/mol. The van der Waals surface area contributed by atoms with E-state index < -0.39 is 17.7 Å². The molecular weight excluding hydrogens is 494 g/mol. The first-order valence-electron chi connectivity index (χ1n) is 12.8. The van der Waals surface area contributed by atoms with Gasteiger partial charge in [0.05, 0.1) is 32.9 Å². The number of rotatable bonds is 8. The molecule has 1 unspecified atom stereocenters. The summed E-state index contributed by atoms with van der Waals surface area (Å²) < 4.78 is 16.4. The molecule has 0 radical (unpaired) electrons. The molecule has 1 fully saturated rings. The highest BCUT2D eigenvalue weighted by Crippen LogP contribution is 2.43. The van der Waals surface area contributed by atoms with Crippen molar-refractivity contribution in [1.82, 2.24) is 4.90 Å². The first-order chi connectivity index (χ1) is 18.6. The van der Waals surface area contributed by atoms with Gasteiger partial charge in [0.2, 0.25) is 0 Å². The summed E-state index contributed by atoms with van der Waals surface area (Å²) >= 11 is 0. The lowest BCUT2D eigenvalue weighted by atomic mass is 9.84. The molecule has 4 rings (SSSR count). The van der Waals surface area contributed by atoms with E-state index in [-0.39, 0.29) is 23.3 Å². The van der Waals surface area contributed by atoms with Gasteiger partial charge in [-0.05, 0) is 53.8 Å². The maximum Gasteiger partial charge on any atom is 0.295 e. The maximum atomic E-state index is 13.5. The highest BCUT2D eigenvalue weighted by atomic mass is 16.5. The van der Waals surface area contributed by atoms with Crippen LogP contribution < -0.4 is 14.2 Å². The fraction of sp³-hybridized carbons (Fsp3) is 0.312. The second-order valence-electron chi connectivity index (χ2n) is 10.5. The van der Waals surface area contributed by atoms with Crippen LogP contribution in [-0.2, 0) is 21.4 Å². The molecule has 0 aliphatic carbocycles. The van der Waals surface area contributed by atoms with E-state index >= 15 is 0 Å². The molecule has 3 aromatic carbocycles. The number of ketones is 1. The smallest absolute Gasteiger partial charge is 0.295 e. The number of aliphatic hydroxyl groups excluding tert-OH is 1. The average molecular weight is 530 g/mol. The van der Waals surface area contributed by atoms with Crippen LogP contribution in [0.15, 0.2) is 72.3 Å². The van der Waals surface area contributed by atoms with Crippen molar-refractivity contribution in [2.75, 3.05) is 27.9 Å². The van der Waals surface area contributed by atoms with Gasteiger partial charge in [0, 0.05) is 23.2 Å². The number of ether oxygens (including phenoxy) is 3. The number of carbonyl (C=O) groups excluding carboxylic acids is 2. The van der Waals surface area contributed by atoms with Crippen LogP contribution in [0.5, 0.6) is 17.2 Å². The Morgan fingerprint density at radius 3 is 2.15 bits per heavy atom. The molecule has 1 atom stereocenters. The van der Waals surface area contributed by atoms with E-state index in [9.17, 15) is 14.7 Å². The minimum Gasteiger partial charge on any atom is -0.507 e. The van der Waals surface area contributed by atoms with Gasteiger partial charge in [0.25, 0.3) is 11.7 Å². The number of hydrogen-bond donors (Lipinski definition) is 1. The van der Waals surface area contributed by atoms with Crippen molar-refractivity contribution < 1.29 is 28.9 Å². The van der Waals surface area contributed by atoms with Crippen LogP contribution in [0.2, 0.25) is 0 Å². The molecule has 1 saturated heterocycles. The SMILES string of the molecule is COc1ccc(CCN2C(=O)C(=O)/C(=C(/O)c3ccc(OC)c(C(C)(C)C)c3)C2c2ccccc2OC)cc1. The molecule has 7 nitrogen and oxygen atoms in total. The van der Waals surface area contributed by atoms with E-state index in [1.54, 1.807) is 39.5 Å². The molecule has 1 N–H and O–H groups in total. The summed E-state index contributed by atoms with van der Waals surface area (Å²) in [5.41, 5.74) is 2.67. The first-order valence-corrected chi connectivity index (χ1v) is 12.8. The summed E-state index contributed by atoms with van der Waals surface area (Å²) in [7, 11) is 4.75. The molecule has 1 heterocycles. The quantitative estimate of drug-likeness (QED) is 0.230. The zero-order chi connectivity index (χ0) is 28.3. The number of nitrogens with zero attached hydrogens (tertiary/aromatic N) is 1. The van der Waals surface area contributed by atoms with Crippen molar-refractivity contribution in [1.29, 1.82) is 0 Å². The summed E-state index contributed by atoms with van der Waals surface area (Å²) in [4.78, 5) is 28.5. The Morgan fingerprint density at radius 2 is 1.54 bits per heavy atom. The molecule has 1 aliphatic rings. The van der Waals surface area contributed by atoms with Crippen molar-refractivity contribution in [3.8, 4) is 17.2 Å². The highest BCUT2D eigenvalue weighted by Gasteiger charge is 2.47. The van der Waals surface area contributed by atoms with Crippen LogP contribution in [-0.4, -0.2) is 49.6 Å².